The molecule has 0 bridgehead atoms. The van der Waals surface area contributed by atoms with Crippen molar-refractivity contribution in [2.45, 2.75) is 38.1 Å². The van der Waals surface area contributed by atoms with E-state index in [0.717, 1.165) is 35.4 Å². The molecule has 0 amide bonds. The second-order valence-corrected chi connectivity index (χ2v) is 7.19. The van der Waals surface area contributed by atoms with Crippen molar-refractivity contribution in [3.05, 3.63) is 83.2 Å². The Morgan fingerprint density at radius 1 is 0.821 bits per heavy atom. The Morgan fingerprint density at radius 2 is 1.39 bits per heavy atom. The van der Waals surface area contributed by atoms with Crippen LogP contribution >= 0.6 is 0 Å². The number of hydrogen-bond acceptors (Lipinski definition) is 4. The second-order valence-electron chi connectivity index (χ2n) is 7.19. The van der Waals surface area contributed by atoms with Gasteiger partial charge in [0.15, 0.2) is 5.57 Å². The van der Waals surface area contributed by atoms with Gasteiger partial charge in [-0.05, 0) is 12.8 Å². The molecule has 0 atom stereocenters. The summed E-state index contributed by atoms with van der Waals surface area (Å²) in [4.78, 5) is 2.22. The van der Waals surface area contributed by atoms with Gasteiger partial charge in [0.25, 0.3) is 0 Å². The maximum atomic E-state index is 9.60. The summed E-state index contributed by atoms with van der Waals surface area (Å²) in [5, 5.41) is 22.6. The van der Waals surface area contributed by atoms with Crippen LogP contribution in [0.25, 0.3) is 11.4 Å². The van der Waals surface area contributed by atoms with Gasteiger partial charge in [-0.1, -0.05) is 79.9 Å². The Bertz CT molecular complexity index is 968. The van der Waals surface area contributed by atoms with Crippen LogP contribution in [0.5, 0.6) is 0 Å². The molecule has 0 radical (unpaired) electrons. The molecule has 0 spiro atoms. The highest BCUT2D eigenvalue weighted by atomic mass is 15.3. The van der Waals surface area contributed by atoms with Gasteiger partial charge in [-0.2, -0.15) is 10.5 Å². The zero-order valence-corrected chi connectivity index (χ0v) is 15.7. The van der Waals surface area contributed by atoms with E-state index in [1.807, 2.05) is 36.4 Å². The highest BCUT2D eigenvalue weighted by Crippen LogP contribution is 2.41. The van der Waals surface area contributed by atoms with Gasteiger partial charge in [-0.25, -0.2) is 0 Å². The molecule has 1 heterocycles. The summed E-state index contributed by atoms with van der Waals surface area (Å²) in [6.45, 7) is 0. The van der Waals surface area contributed by atoms with Crippen LogP contribution in [0.15, 0.2) is 72.1 Å². The molecule has 1 N–H and O–H groups in total. The third kappa shape index (κ3) is 3.26. The smallest absolute Gasteiger partial charge is 0.170 e. The minimum absolute atomic E-state index is 0.130. The van der Waals surface area contributed by atoms with Gasteiger partial charge in [-0.15, -0.1) is 0 Å². The minimum atomic E-state index is 0.130. The number of nitriles is 2. The molecule has 1 aliphatic heterocycles. The summed E-state index contributed by atoms with van der Waals surface area (Å²) < 4.78 is 0. The Labute approximate surface area is 166 Å². The summed E-state index contributed by atoms with van der Waals surface area (Å²) in [6, 6.07) is 24.9. The first-order valence-corrected chi connectivity index (χ1v) is 9.79. The van der Waals surface area contributed by atoms with Crippen molar-refractivity contribution in [2.75, 3.05) is 0 Å². The molecule has 0 saturated heterocycles. The monoisotopic (exact) mass is 366 g/mol. The van der Waals surface area contributed by atoms with Crippen LogP contribution in [0, 0.1) is 22.7 Å². The lowest BCUT2D eigenvalue weighted by Crippen LogP contribution is -2.35. The molecule has 4 rings (SSSR count). The summed E-state index contributed by atoms with van der Waals surface area (Å²) in [7, 11) is 0. The number of nitrogens with zero attached hydrogens (tertiary/aromatic N) is 3. The van der Waals surface area contributed by atoms with E-state index in [2.05, 4.69) is 46.6 Å². The summed E-state index contributed by atoms with van der Waals surface area (Å²) in [5.41, 5.74) is 4.27. The lowest BCUT2D eigenvalue weighted by atomic mass is 9.93. The predicted molar refractivity (Wildman–Crippen MR) is 110 cm³/mol. The van der Waals surface area contributed by atoms with Crippen molar-refractivity contribution in [1.29, 1.82) is 10.5 Å². The minimum Gasteiger partial charge on any atom is -0.338 e. The summed E-state index contributed by atoms with van der Waals surface area (Å²) in [5.74, 6) is 0.620. The summed E-state index contributed by atoms with van der Waals surface area (Å²) >= 11 is 0. The molecule has 2 aliphatic rings. The van der Waals surface area contributed by atoms with E-state index >= 15 is 0 Å². The number of nitrogens with one attached hydrogen (secondary N) is 1. The fourth-order valence-corrected chi connectivity index (χ4v) is 4.18. The van der Waals surface area contributed by atoms with Gasteiger partial charge in [0.1, 0.15) is 18.0 Å². The fourth-order valence-electron chi connectivity index (χ4n) is 4.18. The number of benzene rings is 2. The van der Waals surface area contributed by atoms with Crippen LogP contribution < -0.4 is 5.32 Å². The van der Waals surface area contributed by atoms with Crippen LogP contribution in [0.4, 0.5) is 0 Å². The van der Waals surface area contributed by atoms with Crippen LogP contribution in [-0.4, -0.2) is 10.9 Å². The van der Waals surface area contributed by atoms with Crippen LogP contribution in [0.3, 0.4) is 0 Å². The van der Waals surface area contributed by atoms with Crippen molar-refractivity contribution in [3.8, 4) is 12.1 Å². The Balaban J connectivity index is 1.95. The molecular weight excluding hydrogens is 344 g/mol. The zero-order chi connectivity index (χ0) is 19.3. The van der Waals surface area contributed by atoms with E-state index in [0.29, 0.717) is 5.82 Å². The Kier molecular flexibility index (Phi) is 5.13. The molecule has 138 valence electrons. The highest BCUT2D eigenvalue weighted by Gasteiger charge is 2.36. The maximum Gasteiger partial charge on any atom is 0.170 e. The first-order valence-electron chi connectivity index (χ1n) is 9.79. The van der Waals surface area contributed by atoms with Gasteiger partial charge in [0, 0.05) is 17.2 Å². The van der Waals surface area contributed by atoms with E-state index in [-0.39, 0.29) is 11.6 Å². The fraction of sp³-hybridized carbons (Fsp3) is 0.250. The molecule has 1 fully saturated rings. The van der Waals surface area contributed by atoms with Crippen molar-refractivity contribution >= 4 is 11.4 Å². The number of rotatable bonds is 3. The number of allylic oxidation sites excluding steroid dienone is 1. The quantitative estimate of drug-likeness (QED) is 0.776. The van der Waals surface area contributed by atoms with E-state index in [9.17, 15) is 10.5 Å². The topological polar surface area (TPSA) is 62.9 Å². The predicted octanol–water partition coefficient (Wildman–Crippen LogP) is 5.01. The molecule has 4 heteroatoms. The standard InChI is InChI=1S/C24H22N4/c25-16-20(17-26)24-27-22(18-10-4-1-5-11-18)23(19-12-6-2-7-13-19)28(24)21-14-8-3-9-15-21/h1-2,4-7,10-13,21,27H,3,8-9,14-15H2. The Hall–Kier alpha value is -3.50. The molecular formula is C24H22N4. The van der Waals surface area contributed by atoms with Crippen LogP contribution in [0.1, 0.15) is 43.2 Å². The molecule has 1 saturated carbocycles. The van der Waals surface area contributed by atoms with E-state index in [4.69, 9.17) is 0 Å². The molecule has 0 aromatic heterocycles. The Morgan fingerprint density at radius 3 is 1.96 bits per heavy atom. The van der Waals surface area contributed by atoms with Gasteiger partial charge in [0.2, 0.25) is 0 Å². The first-order chi connectivity index (χ1) is 13.8. The van der Waals surface area contributed by atoms with Gasteiger partial charge >= 0.3 is 0 Å². The van der Waals surface area contributed by atoms with E-state index < -0.39 is 0 Å². The molecule has 1 aliphatic carbocycles. The van der Waals surface area contributed by atoms with Crippen molar-refractivity contribution in [2.24, 2.45) is 0 Å². The largest absolute Gasteiger partial charge is 0.338 e. The highest BCUT2D eigenvalue weighted by molar-refractivity contribution is 5.93. The average Bonchev–Trinajstić information content (AvgIpc) is 3.17. The maximum absolute atomic E-state index is 9.60. The van der Waals surface area contributed by atoms with Crippen molar-refractivity contribution < 1.29 is 0 Å². The lowest BCUT2D eigenvalue weighted by molar-refractivity contribution is 0.272. The second kappa shape index (κ2) is 8.03. The zero-order valence-electron chi connectivity index (χ0n) is 15.7. The third-order valence-electron chi connectivity index (χ3n) is 5.47. The lowest BCUT2D eigenvalue weighted by Gasteiger charge is -2.35. The van der Waals surface area contributed by atoms with Crippen molar-refractivity contribution in [1.82, 2.24) is 10.2 Å². The first kappa shape index (κ1) is 17.9. The molecule has 28 heavy (non-hydrogen) atoms. The normalized spacial score (nSPS) is 17.1. The van der Waals surface area contributed by atoms with E-state index in [1.165, 1.54) is 19.3 Å². The average molecular weight is 366 g/mol. The molecule has 2 aromatic carbocycles. The van der Waals surface area contributed by atoms with Crippen molar-refractivity contribution in [3.63, 3.8) is 0 Å². The SMILES string of the molecule is N#CC(C#N)=C1NC(c2ccccc2)=C(c2ccccc2)N1C1CCCCC1. The molecule has 4 nitrogen and oxygen atoms in total. The van der Waals surface area contributed by atoms with Crippen LogP contribution in [-0.2, 0) is 0 Å². The number of hydrogen-bond donors (Lipinski definition) is 1. The molecule has 2 aromatic rings. The van der Waals surface area contributed by atoms with Gasteiger partial charge < -0.3 is 10.2 Å². The van der Waals surface area contributed by atoms with Gasteiger partial charge in [-0.3, -0.25) is 0 Å². The van der Waals surface area contributed by atoms with Gasteiger partial charge in [0.05, 0.1) is 11.4 Å². The summed E-state index contributed by atoms with van der Waals surface area (Å²) in [6.07, 6.45) is 5.72. The van der Waals surface area contributed by atoms with Crippen LogP contribution in [0.2, 0.25) is 0 Å². The van der Waals surface area contributed by atoms with E-state index in [1.54, 1.807) is 0 Å². The third-order valence-corrected chi connectivity index (χ3v) is 5.47. The molecule has 0 unspecified atom stereocenters.